The summed E-state index contributed by atoms with van der Waals surface area (Å²) in [6, 6.07) is 12.9. The number of fused-ring (bicyclic) bond motifs is 1. The van der Waals surface area contributed by atoms with Gasteiger partial charge in [0.25, 0.3) is 0 Å². The number of hydrogen-bond acceptors (Lipinski definition) is 3. The normalized spacial score (nSPS) is 14.8. The fourth-order valence-corrected chi connectivity index (χ4v) is 3.82. The van der Waals surface area contributed by atoms with Gasteiger partial charge in [-0.2, -0.15) is 0 Å². The fraction of sp³-hybridized carbons (Fsp3) is 0.333. The van der Waals surface area contributed by atoms with Crippen molar-refractivity contribution in [3.63, 3.8) is 0 Å². The number of thiol groups is 2. The van der Waals surface area contributed by atoms with Crippen LogP contribution >= 0.6 is 25.3 Å². The Morgan fingerprint density at radius 3 is 2.46 bits per heavy atom. The highest BCUT2D eigenvalue weighted by molar-refractivity contribution is 7.96. The Bertz CT molecular complexity index is 777. The fourth-order valence-electron chi connectivity index (χ4n) is 3.26. The number of benzene rings is 2. The van der Waals surface area contributed by atoms with E-state index < -0.39 is 0 Å². The molecule has 3 rings (SSSR count). The molecule has 0 radical (unpaired) electrons. The zero-order chi connectivity index (χ0) is 17.1. The second kappa shape index (κ2) is 7.71. The molecule has 0 fully saturated rings. The Hall–Kier alpha value is -1.32. The van der Waals surface area contributed by atoms with Crippen molar-refractivity contribution in [2.45, 2.75) is 39.5 Å². The predicted molar refractivity (Wildman–Crippen MR) is 110 cm³/mol. The summed E-state index contributed by atoms with van der Waals surface area (Å²) in [6.45, 7) is 4.71. The van der Waals surface area contributed by atoms with Gasteiger partial charge in [-0.1, -0.05) is 29.8 Å². The minimum atomic E-state index is 0.637. The van der Waals surface area contributed by atoms with Gasteiger partial charge in [0.15, 0.2) is 0 Å². The van der Waals surface area contributed by atoms with Crippen molar-refractivity contribution < 1.29 is 4.74 Å². The zero-order valence-corrected chi connectivity index (χ0v) is 16.1. The lowest BCUT2D eigenvalue weighted by Crippen LogP contribution is -2.02. The number of ether oxygens (including phenoxy) is 1. The number of rotatable bonds is 4. The second-order valence-corrected chi connectivity index (χ2v) is 7.21. The summed E-state index contributed by atoms with van der Waals surface area (Å²) < 4.78 is 5.77. The number of aryl methyl sites for hydroxylation is 3. The van der Waals surface area contributed by atoms with Crippen LogP contribution in [-0.2, 0) is 12.8 Å². The van der Waals surface area contributed by atoms with E-state index in [2.05, 4.69) is 37.3 Å². The monoisotopic (exact) mass is 356 g/mol. The van der Waals surface area contributed by atoms with Crippen LogP contribution in [0.4, 0.5) is 0 Å². The van der Waals surface area contributed by atoms with Crippen LogP contribution in [0.25, 0.3) is 9.81 Å². The first kappa shape index (κ1) is 17.5. The smallest absolute Gasteiger partial charge is 0.127 e. The first-order valence-corrected chi connectivity index (χ1v) is 9.47. The molecule has 126 valence electrons. The zero-order valence-electron chi connectivity index (χ0n) is 14.3. The van der Waals surface area contributed by atoms with E-state index >= 15 is 0 Å². The highest BCUT2D eigenvalue weighted by Crippen LogP contribution is 2.38. The van der Waals surface area contributed by atoms with Crippen LogP contribution in [0.5, 0.6) is 5.75 Å². The van der Waals surface area contributed by atoms with Crippen LogP contribution in [0, 0.1) is 6.92 Å². The first-order chi connectivity index (χ1) is 11.6. The lowest BCUT2D eigenvalue weighted by molar-refractivity contribution is 0.339. The Kier molecular flexibility index (Phi) is 5.62. The second-order valence-electron chi connectivity index (χ2n) is 6.32. The molecule has 2 aromatic rings. The third-order valence-electron chi connectivity index (χ3n) is 4.54. The quantitative estimate of drug-likeness (QED) is 0.508. The molecule has 0 aromatic heterocycles. The molecule has 0 bridgehead atoms. The van der Waals surface area contributed by atoms with Crippen LogP contribution in [-0.4, -0.2) is 6.61 Å². The van der Waals surface area contributed by atoms with Gasteiger partial charge in [0, 0.05) is 15.4 Å². The van der Waals surface area contributed by atoms with E-state index in [4.69, 9.17) is 30.0 Å². The molecule has 0 amide bonds. The van der Waals surface area contributed by atoms with Crippen LogP contribution in [0.2, 0.25) is 0 Å². The van der Waals surface area contributed by atoms with E-state index in [0.29, 0.717) is 6.61 Å². The van der Waals surface area contributed by atoms with Crippen LogP contribution in [0.1, 0.15) is 47.6 Å². The van der Waals surface area contributed by atoms with Gasteiger partial charge in [0.05, 0.1) is 6.61 Å². The summed E-state index contributed by atoms with van der Waals surface area (Å²) >= 11 is 9.58. The molecule has 0 atom stereocenters. The lowest BCUT2D eigenvalue weighted by atomic mass is 9.90. The SMILES string of the molecule is CCOc1ccc(C)cc1C(S)=C(S)c1ccc2c(c1)CCCC2. The van der Waals surface area contributed by atoms with E-state index in [1.54, 1.807) is 0 Å². The Morgan fingerprint density at radius 2 is 1.71 bits per heavy atom. The first-order valence-electron chi connectivity index (χ1n) is 8.58. The average molecular weight is 357 g/mol. The maximum Gasteiger partial charge on any atom is 0.127 e. The molecule has 24 heavy (non-hydrogen) atoms. The highest BCUT2D eigenvalue weighted by Gasteiger charge is 2.14. The van der Waals surface area contributed by atoms with Crippen molar-refractivity contribution in [1.82, 2.24) is 0 Å². The van der Waals surface area contributed by atoms with Gasteiger partial charge in [0.1, 0.15) is 5.75 Å². The summed E-state index contributed by atoms with van der Waals surface area (Å²) in [5, 5.41) is 0. The third-order valence-corrected chi connectivity index (χ3v) is 5.66. The van der Waals surface area contributed by atoms with Gasteiger partial charge < -0.3 is 4.74 Å². The van der Waals surface area contributed by atoms with E-state index in [1.807, 2.05) is 13.0 Å². The molecule has 1 aliphatic carbocycles. The minimum absolute atomic E-state index is 0.637. The van der Waals surface area contributed by atoms with Gasteiger partial charge in [-0.25, -0.2) is 0 Å². The molecule has 0 saturated heterocycles. The Morgan fingerprint density at radius 1 is 0.958 bits per heavy atom. The number of hydrogen-bond donors (Lipinski definition) is 2. The highest BCUT2D eigenvalue weighted by atomic mass is 32.1. The maximum atomic E-state index is 5.77. The molecule has 0 N–H and O–H groups in total. The average Bonchev–Trinajstić information content (AvgIpc) is 2.61. The van der Waals surface area contributed by atoms with Gasteiger partial charge in [0.2, 0.25) is 0 Å². The molecule has 0 aliphatic heterocycles. The third kappa shape index (κ3) is 3.68. The van der Waals surface area contributed by atoms with E-state index in [9.17, 15) is 0 Å². The molecule has 0 heterocycles. The van der Waals surface area contributed by atoms with Gasteiger partial charge in [-0.15, -0.1) is 25.3 Å². The van der Waals surface area contributed by atoms with Crippen LogP contribution < -0.4 is 4.74 Å². The molecule has 1 aliphatic rings. The van der Waals surface area contributed by atoms with Crippen molar-refractivity contribution in [2.24, 2.45) is 0 Å². The molecule has 3 heteroatoms. The molecule has 0 unspecified atom stereocenters. The summed E-state index contributed by atoms with van der Waals surface area (Å²) in [4.78, 5) is 1.76. The summed E-state index contributed by atoms with van der Waals surface area (Å²) in [5.74, 6) is 0.859. The Balaban J connectivity index is 2.03. The molecule has 2 aromatic carbocycles. The van der Waals surface area contributed by atoms with Crippen molar-refractivity contribution >= 4 is 35.1 Å². The van der Waals surface area contributed by atoms with Crippen molar-refractivity contribution in [1.29, 1.82) is 0 Å². The van der Waals surface area contributed by atoms with Crippen molar-refractivity contribution in [3.05, 3.63) is 64.2 Å². The van der Waals surface area contributed by atoms with E-state index in [1.165, 1.54) is 42.4 Å². The van der Waals surface area contributed by atoms with E-state index in [0.717, 1.165) is 26.7 Å². The molecular formula is C21H24OS2. The van der Waals surface area contributed by atoms with Gasteiger partial charge in [-0.3, -0.25) is 0 Å². The van der Waals surface area contributed by atoms with Gasteiger partial charge in [-0.05, 0) is 68.4 Å². The predicted octanol–water partition coefficient (Wildman–Crippen LogP) is 5.96. The largest absolute Gasteiger partial charge is 0.493 e. The standard InChI is InChI=1S/C21H24OS2/c1-3-22-19-11-8-14(2)12-18(19)21(24)20(23)17-10-9-15-6-4-5-7-16(15)13-17/h8-13,23-24H,3-7H2,1-2H3. The minimum Gasteiger partial charge on any atom is -0.493 e. The molecular weight excluding hydrogens is 332 g/mol. The van der Waals surface area contributed by atoms with Crippen molar-refractivity contribution in [3.8, 4) is 5.75 Å². The molecule has 0 saturated carbocycles. The topological polar surface area (TPSA) is 9.23 Å². The van der Waals surface area contributed by atoms with Gasteiger partial charge >= 0.3 is 0 Å². The summed E-state index contributed by atoms with van der Waals surface area (Å²) in [6.07, 6.45) is 4.94. The van der Waals surface area contributed by atoms with Crippen LogP contribution in [0.15, 0.2) is 36.4 Å². The Labute approximate surface area is 156 Å². The maximum absolute atomic E-state index is 5.77. The lowest BCUT2D eigenvalue weighted by Gasteiger charge is -2.18. The summed E-state index contributed by atoms with van der Waals surface area (Å²) in [5.41, 5.74) is 6.26. The van der Waals surface area contributed by atoms with E-state index in [-0.39, 0.29) is 0 Å². The van der Waals surface area contributed by atoms with Crippen molar-refractivity contribution in [2.75, 3.05) is 6.61 Å². The molecule has 0 spiro atoms. The molecule has 1 nitrogen and oxygen atoms in total. The summed E-state index contributed by atoms with van der Waals surface area (Å²) in [7, 11) is 0. The van der Waals surface area contributed by atoms with Crippen LogP contribution in [0.3, 0.4) is 0 Å².